The number of carbonyl (C=O) groups is 1. The van der Waals surface area contributed by atoms with E-state index in [9.17, 15) is 4.79 Å². The third-order valence-electron chi connectivity index (χ3n) is 3.55. The summed E-state index contributed by atoms with van der Waals surface area (Å²) in [6.45, 7) is 8.13. The normalized spacial score (nSPS) is 10.9. The molecule has 2 rings (SSSR count). The van der Waals surface area contributed by atoms with E-state index >= 15 is 0 Å². The van der Waals surface area contributed by atoms with Crippen LogP contribution in [0.25, 0.3) is 0 Å². The quantitative estimate of drug-likeness (QED) is 0.704. The molecule has 4 nitrogen and oxygen atoms in total. The number of carbonyl (C=O) groups excluding carboxylic acids is 1. The van der Waals surface area contributed by atoms with Gasteiger partial charge < -0.3 is 10.2 Å². The molecule has 0 aliphatic rings. The lowest BCUT2D eigenvalue weighted by atomic mass is 10.2. The standard InChI is InChI=1S/C17H23N3OS2/c1-3-20(4-2)9-11-23-16-8-7-14(12-18-16)17(21)19-13-15-6-5-10-22-15/h5-8,10,12H,3-4,9,11,13H2,1-2H3,(H,19,21). The van der Waals surface area contributed by atoms with E-state index in [1.807, 2.05) is 29.6 Å². The molecular weight excluding hydrogens is 326 g/mol. The van der Waals surface area contributed by atoms with Crippen LogP contribution in [0, 0.1) is 0 Å². The van der Waals surface area contributed by atoms with Gasteiger partial charge in [-0.25, -0.2) is 4.98 Å². The minimum atomic E-state index is -0.0782. The fraction of sp³-hybridized carbons (Fsp3) is 0.412. The highest BCUT2D eigenvalue weighted by Crippen LogP contribution is 2.15. The van der Waals surface area contributed by atoms with E-state index < -0.39 is 0 Å². The molecule has 0 radical (unpaired) electrons. The lowest BCUT2D eigenvalue weighted by molar-refractivity contribution is 0.0951. The van der Waals surface area contributed by atoms with E-state index in [-0.39, 0.29) is 5.91 Å². The van der Waals surface area contributed by atoms with E-state index in [1.54, 1.807) is 29.3 Å². The fourth-order valence-corrected chi connectivity index (χ4v) is 3.60. The Morgan fingerprint density at radius 1 is 1.30 bits per heavy atom. The minimum absolute atomic E-state index is 0.0782. The van der Waals surface area contributed by atoms with Gasteiger partial charge in [0, 0.05) is 23.4 Å². The summed E-state index contributed by atoms with van der Waals surface area (Å²) < 4.78 is 0. The van der Waals surface area contributed by atoms with Crippen molar-refractivity contribution in [3.63, 3.8) is 0 Å². The van der Waals surface area contributed by atoms with Crippen molar-refractivity contribution in [2.75, 3.05) is 25.4 Å². The lowest BCUT2D eigenvalue weighted by Gasteiger charge is -2.17. The average Bonchev–Trinajstić information content (AvgIpc) is 3.11. The van der Waals surface area contributed by atoms with Crippen LogP contribution < -0.4 is 5.32 Å². The highest BCUT2D eigenvalue weighted by atomic mass is 32.2. The Hall–Kier alpha value is -1.37. The van der Waals surface area contributed by atoms with Crippen LogP contribution in [0.5, 0.6) is 0 Å². The Balaban J connectivity index is 1.78. The smallest absolute Gasteiger partial charge is 0.253 e. The molecule has 2 aromatic heterocycles. The highest BCUT2D eigenvalue weighted by molar-refractivity contribution is 7.99. The molecule has 0 aliphatic carbocycles. The molecule has 6 heteroatoms. The Labute approximate surface area is 146 Å². The molecule has 0 spiro atoms. The topological polar surface area (TPSA) is 45.2 Å². The summed E-state index contributed by atoms with van der Waals surface area (Å²) in [5.74, 6) is 0.934. The fourth-order valence-electron chi connectivity index (χ4n) is 2.10. The second kappa shape index (κ2) is 9.70. The van der Waals surface area contributed by atoms with Crippen LogP contribution in [-0.4, -0.2) is 41.2 Å². The molecule has 0 bridgehead atoms. The van der Waals surface area contributed by atoms with Crippen molar-refractivity contribution in [1.29, 1.82) is 0 Å². The zero-order valence-electron chi connectivity index (χ0n) is 13.6. The lowest BCUT2D eigenvalue weighted by Crippen LogP contribution is -2.25. The van der Waals surface area contributed by atoms with Crippen LogP contribution in [0.3, 0.4) is 0 Å². The van der Waals surface area contributed by atoms with Crippen molar-refractivity contribution in [3.05, 3.63) is 46.3 Å². The molecule has 0 saturated carbocycles. The first-order valence-electron chi connectivity index (χ1n) is 7.84. The molecule has 2 aromatic rings. The van der Waals surface area contributed by atoms with Crippen molar-refractivity contribution in [3.8, 4) is 0 Å². The van der Waals surface area contributed by atoms with Crippen LogP contribution in [0.1, 0.15) is 29.1 Å². The number of rotatable bonds is 9. The summed E-state index contributed by atoms with van der Waals surface area (Å²) in [6.07, 6.45) is 1.66. The third-order valence-corrected chi connectivity index (χ3v) is 5.35. The van der Waals surface area contributed by atoms with E-state index in [0.29, 0.717) is 12.1 Å². The van der Waals surface area contributed by atoms with Crippen molar-refractivity contribution in [1.82, 2.24) is 15.2 Å². The van der Waals surface area contributed by atoms with Gasteiger partial charge >= 0.3 is 0 Å². The summed E-state index contributed by atoms with van der Waals surface area (Å²) in [4.78, 5) is 20.0. The number of thioether (sulfide) groups is 1. The molecule has 0 aromatic carbocycles. The largest absolute Gasteiger partial charge is 0.347 e. The van der Waals surface area contributed by atoms with Crippen LogP contribution >= 0.6 is 23.1 Å². The Morgan fingerprint density at radius 2 is 2.13 bits per heavy atom. The van der Waals surface area contributed by atoms with Gasteiger partial charge in [0.05, 0.1) is 17.1 Å². The molecule has 0 atom stereocenters. The molecule has 0 unspecified atom stereocenters. The maximum atomic E-state index is 12.1. The molecule has 124 valence electrons. The van der Waals surface area contributed by atoms with Crippen LogP contribution in [0.15, 0.2) is 40.9 Å². The Bertz CT molecular complexity index is 580. The Kier molecular flexibility index (Phi) is 7.58. The number of thiophene rings is 1. The first kappa shape index (κ1) is 18.0. The second-order valence-electron chi connectivity index (χ2n) is 5.02. The number of hydrogen-bond donors (Lipinski definition) is 1. The molecule has 0 fully saturated rings. The molecule has 23 heavy (non-hydrogen) atoms. The van der Waals surface area contributed by atoms with Crippen molar-refractivity contribution < 1.29 is 4.79 Å². The SMILES string of the molecule is CCN(CC)CCSc1ccc(C(=O)NCc2cccs2)cn1. The summed E-state index contributed by atoms with van der Waals surface area (Å²) >= 11 is 3.37. The van der Waals surface area contributed by atoms with Gasteiger partial charge in [0.25, 0.3) is 5.91 Å². The number of pyridine rings is 1. The number of amides is 1. The van der Waals surface area contributed by atoms with Crippen molar-refractivity contribution in [2.24, 2.45) is 0 Å². The summed E-state index contributed by atoms with van der Waals surface area (Å²) in [7, 11) is 0. The number of nitrogens with zero attached hydrogens (tertiary/aromatic N) is 2. The van der Waals surface area contributed by atoms with Crippen LogP contribution in [0.2, 0.25) is 0 Å². The van der Waals surface area contributed by atoms with E-state index in [1.165, 1.54) is 0 Å². The highest BCUT2D eigenvalue weighted by Gasteiger charge is 2.07. The van der Waals surface area contributed by atoms with Gasteiger partial charge in [-0.15, -0.1) is 23.1 Å². The van der Waals surface area contributed by atoms with Crippen molar-refractivity contribution in [2.45, 2.75) is 25.4 Å². The molecule has 0 saturated heterocycles. The monoisotopic (exact) mass is 349 g/mol. The number of hydrogen-bond acceptors (Lipinski definition) is 5. The average molecular weight is 350 g/mol. The van der Waals surface area contributed by atoms with Crippen LogP contribution in [-0.2, 0) is 6.54 Å². The zero-order chi connectivity index (χ0) is 16.5. The van der Waals surface area contributed by atoms with Gasteiger partial charge in [-0.05, 0) is 36.7 Å². The van der Waals surface area contributed by atoms with Gasteiger partial charge in [-0.3, -0.25) is 4.79 Å². The maximum Gasteiger partial charge on any atom is 0.253 e. The maximum absolute atomic E-state index is 12.1. The summed E-state index contributed by atoms with van der Waals surface area (Å²) in [5, 5.41) is 5.88. The molecule has 2 heterocycles. The van der Waals surface area contributed by atoms with Gasteiger partial charge in [0.1, 0.15) is 0 Å². The first-order chi connectivity index (χ1) is 11.2. The predicted molar refractivity (Wildman–Crippen MR) is 98.2 cm³/mol. The summed E-state index contributed by atoms with van der Waals surface area (Å²) in [5.41, 5.74) is 0.606. The molecule has 1 amide bonds. The second-order valence-corrected chi connectivity index (χ2v) is 7.17. The molecule has 0 aliphatic heterocycles. The molecule has 1 N–H and O–H groups in total. The summed E-state index contributed by atoms with van der Waals surface area (Å²) in [6, 6.07) is 7.76. The molecular formula is C17H23N3OS2. The minimum Gasteiger partial charge on any atom is -0.347 e. The number of aromatic nitrogens is 1. The van der Waals surface area contributed by atoms with Gasteiger partial charge in [0.2, 0.25) is 0 Å². The van der Waals surface area contributed by atoms with Gasteiger partial charge in [-0.2, -0.15) is 0 Å². The van der Waals surface area contributed by atoms with E-state index in [2.05, 4.69) is 29.0 Å². The zero-order valence-corrected chi connectivity index (χ0v) is 15.3. The van der Waals surface area contributed by atoms with Gasteiger partial charge in [0.15, 0.2) is 0 Å². The third kappa shape index (κ3) is 5.97. The van der Waals surface area contributed by atoms with Gasteiger partial charge in [-0.1, -0.05) is 19.9 Å². The van der Waals surface area contributed by atoms with E-state index in [4.69, 9.17) is 0 Å². The Morgan fingerprint density at radius 3 is 2.74 bits per heavy atom. The van der Waals surface area contributed by atoms with E-state index in [0.717, 1.165) is 35.3 Å². The number of nitrogens with one attached hydrogen (secondary N) is 1. The first-order valence-corrected chi connectivity index (χ1v) is 9.71. The predicted octanol–water partition coefficient (Wildman–Crippen LogP) is 3.51. The van der Waals surface area contributed by atoms with Crippen molar-refractivity contribution >= 4 is 29.0 Å². The van der Waals surface area contributed by atoms with Crippen LogP contribution in [0.4, 0.5) is 0 Å².